The van der Waals surface area contributed by atoms with Crippen LogP contribution >= 0.6 is 11.5 Å². The van der Waals surface area contributed by atoms with E-state index in [2.05, 4.69) is 9.69 Å². The van der Waals surface area contributed by atoms with Crippen molar-refractivity contribution in [1.29, 1.82) is 0 Å². The summed E-state index contributed by atoms with van der Waals surface area (Å²) in [5, 5.41) is 2.56. The van der Waals surface area contributed by atoms with Gasteiger partial charge in [-0.2, -0.15) is 4.37 Å². The number of aromatic nitrogens is 1. The number of esters is 1. The molecule has 1 atom stereocenters. The molecule has 3 rings (SSSR count). The molecular weight excluding hydrogens is 510 g/mol. The molecule has 0 unspecified atom stereocenters. The highest BCUT2D eigenvalue weighted by molar-refractivity contribution is 7.09. The fraction of sp³-hybridized carbons (Fsp3) is 0.269. The van der Waals surface area contributed by atoms with Crippen LogP contribution in [0.3, 0.4) is 0 Å². The Hall–Kier alpha value is -4.45. The molecule has 0 spiro atoms. The fourth-order valence-electron chi connectivity index (χ4n) is 3.70. The molecule has 0 saturated carbocycles. The van der Waals surface area contributed by atoms with Gasteiger partial charge in [0.1, 0.15) is 23.2 Å². The van der Waals surface area contributed by atoms with Crippen molar-refractivity contribution in [1.82, 2.24) is 9.69 Å². The molecule has 12 heteroatoms. The minimum atomic E-state index is -1.24. The third-order valence-electron chi connectivity index (χ3n) is 5.38. The van der Waals surface area contributed by atoms with E-state index >= 15 is 0 Å². The summed E-state index contributed by atoms with van der Waals surface area (Å²) >= 11 is 0.705. The number of aryl methyl sites for hydroxylation is 1. The number of carbonyl (C=O) groups is 4. The summed E-state index contributed by atoms with van der Waals surface area (Å²) in [6.45, 7) is 5.54. The molecule has 1 heterocycles. The average molecular weight is 540 g/mol. The maximum absolute atomic E-state index is 14.0. The number of benzene rings is 2. The van der Waals surface area contributed by atoms with Crippen LogP contribution in [0.2, 0.25) is 0 Å². The summed E-state index contributed by atoms with van der Waals surface area (Å²) in [6.07, 6.45) is 0. The van der Waals surface area contributed by atoms with Crippen molar-refractivity contribution in [2.45, 2.75) is 26.8 Å². The molecule has 3 aromatic rings. The first-order valence-corrected chi connectivity index (χ1v) is 12.6. The average Bonchev–Trinajstić information content (AvgIpc) is 3.28. The third-order valence-corrected chi connectivity index (χ3v) is 6.23. The summed E-state index contributed by atoms with van der Waals surface area (Å²) in [6, 6.07) is 12.4. The molecule has 0 aliphatic rings. The van der Waals surface area contributed by atoms with Crippen LogP contribution in [0, 0.1) is 6.92 Å². The second kappa shape index (κ2) is 12.7. The molecule has 0 radical (unpaired) electrons. The van der Waals surface area contributed by atoms with Gasteiger partial charge in [0.15, 0.2) is 5.69 Å². The minimum absolute atomic E-state index is 0.0607. The number of hydrogen-bond acceptors (Lipinski definition) is 9. The highest BCUT2D eigenvalue weighted by Crippen LogP contribution is 2.34. The van der Waals surface area contributed by atoms with Gasteiger partial charge in [-0.05, 0) is 67.7 Å². The first-order valence-electron chi connectivity index (χ1n) is 11.8. The van der Waals surface area contributed by atoms with E-state index in [0.29, 0.717) is 35.1 Å². The number of ether oxygens (including phenoxy) is 2. The van der Waals surface area contributed by atoms with Gasteiger partial charge in [0.2, 0.25) is 5.91 Å². The van der Waals surface area contributed by atoms with Crippen LogP contribution in [0.4, 0.5) is 11.4 Å². The van der Waals surface area contributed by atoms with Gasteiger partial charge in [-0.3, -0.25) is 24.1 Å². The monoisotopic (exact) mass is 539 g/mol. The van der Waals surface area contributed by atoms with Gasteiger partial charge in [0, 0.05) is 5.69 Å². The molecule has 0 bridgehead atoms. The van der Waals surface area contributed by atoms with Crippen molar-refractivity contribution in [3.63, 3.8) is 0 Å². The van der Waals surface area contributed by atoms with Gasteiger partial charge >= 0.3 is 5.97 Å². The molecule has 1 aromatic heterocycles. The fourth-order valence-corrected chi connectivity index (χ4v) is 4.44. The number of nitrogen functional groups attached to an aromatic ring is 1. The molecule has 0 fully saturated rings. The number of rotatable bonds is 11. The van der Waals surface area contributed by atoms with Gasteiger partial charge < -0.3 is 26.3 Å². The highest BCUT2D eigenvalue weighted by Gasteiger charge is 2.36. The summed E-state index contributed by atoms with van der Waals surface area (Å²) < 4.78 is 14.4. The number of nitrogens with two attached hydrogens (primary N) is 2. The lowest BCUT2D eigenvalue weighted by Crippen LogP contribution is -2.45. The summed E-state index contributed by atoms with van der Waals surface area (Å²) in [5.41, 5.74) is 12.7. The van der Waals surface area contributed by atoms with E-state index in [1.165, 1.54) is 4.90 Å². The van der Waals surface area contributed by atoms with Crippen molar-refractivity contribution in [3.05, 3.63) is 70.2 Å². The highest BCUT2D eigenvalue weighted by atomic mass is 32.1. The molecule has 38 heavy (non-hydrogen) atoms. The summed E-state index contributed by atoms with van der Waals surface area (Å²) in [7, 11) is 0. The van der Waals surface area contributed by atoms with E-state index in [0.717, 1.165) is 5.56 Å². The SMILES string of the molecule is CCOC(=O)CNC(=O)[C@@H](c1ccc(OCC)cc1)N(C(=O)c1snc(C(N)=O)c1N)c1cccc(C)c1. The maximum atomic E-state index is 14.0. The number of nitrogens with zero attached hydrogens (tertiary/aromatic N) is 2. The van der Waals surface area contributed by atoms with Crippen LogP contribution in [0.5, 0.6) is 5.75 Å². The van der Waals surface area contributed by atoms with Crippen LogP contribution in [0.1, 0.15) is 51.2 Å². The number of primary amides is 1. The predicted octanol–water partition coefficient (Wildman–Crippen LogP) is 2.60. The Morgan fingerprint density at radius 1 is 1.08 bits per heavy atom. The minimum Gasteiger partial charge on any atom is -0.494 e. The second-order valence-corrected chi connectivity index (χ2v) is 8.85. The van der Waals surface area contributed by atoms with Crippen LogP contribution in [-0.4, -0.2) is 47.8 Å². The number of amides is 3. The van der Waals surface area contributed by atoms with Gasteiger partial charge in [-0.1, -0.05) is 24.3 Å². The quantitative estimate of drug-likeness (QED) is 0.313. The standard InChI is InChI=1S/C26H29N5O6S/c1-4-36-18-11-9-16(10-12-18)22(25(34)29-14-19(32)37-5-2)31(17-8-6-7-15(3)13-17)26(35)23-20(27)21(24(28)33)30-38-23/h6-13,22H,4-5,14,27H2,1-3H3,(H2,28,33)(H,29,34)/t22-/m1/s1. The van der Waals surface area contributed by atoms with E-state index in [1.807, 2.05) is 19.9 Å². The Morgan fingerprint density at radius 2 is 1.79 bits per heavy atom. The third kappa shape index (κ3) is 6.45. The van der Waals surface area contributed by atoms with Crippen LogP contribution in [0.25, 0.3) is 0 Å². The lowest BCUT2D eigenvalue weighted by molar-refractivity contribution is -0.143. The number of anilines is 2. The van der Waals surface area contributed by atoms with Crippen LogP contribution < -0.4 is 26.4 Å². The van der Waals surface area contributed by atoms with Crippen LogP contribution in [0.15, 0.2) is 48.5 Å². The first kappa shape index (κ1) is 28.1. The molecule has 0 saturated heterocycles. The second-order valence-electron chi connectivity index (χ2n) is 8.08. The zero-order valence-electron chi connectivity index (χ0n) is 21.2. The Bertz CT molecular complexity index is 1320. The predicted molar refractivity (Wildman–Crippen MR) is 143 cm³/mol. The van der Waals surface area contributed by atoms with E-state index in [-0.39, 0.29) is 22.9 Å². The van der Waals surface area contributed by atoms with Crippen molar-refractivity contribution in [3.8, 4) is 5.75 Å². The Balaban J connectivity index is 2.15. The zero-order valence-corrected chi connectivity index (χ0v) is 22.0. The van der Waals surface area contributed by atoms with Crippen molar-refractivity contribution < 1.29 is 28.7 Å². The van der Waals surface area contributed by atoms with Gasteiger partial charge in [-0.15, -0.1) is 0 Å². The van der Waals surface area contributed by atoms with Crippen molar-refractivity contribution in [2.75, 3.05) is 30.4 Å². The molecule has 2 aromatic carbocycles. The smallest absolute Gasteiger partial charge is 0.325 e. The maximum Gasteiger partial charge on any atom is 0.325 e. The first-order chi connectivity index (χ1) is 18.2. The summed E-state index contributed by atoms with van der Waals surface area (Å²) in [5.74, 6) is -2.25. The number of nitrogens with one attached hydrogen (secondary N) is 1. The Kier molecular flexibility index (Phi) is 9.39. The van der Waals surface area contributed by atoms with E-state index in [4.69, 9.17) is 20.9 Å². The normalized spacial score (nSPS) is 11.3. The molecular formula is C26H29N5O6S. The van der Waals surface area contributed by atoms with Gasteiger partial charge in [-0.25, -0.2) is 0 Å². The van der Waals surface area contributed by atoms with E-state index < -0.39 is 36.3 Å². The number of hydrogen-bond donors (Lipinski definition) is 3. The van der Waals surface area contributed by atoms with E-state index in [9.17, 15) is 19.2 Å². The van der Waals surface area contributed by atoms with Crippen molar-refractivity contribution in [2.24, 2.45) is 5.73 Å². The van der Waals surface area contributed by atoms with Gasteiger partial charge in [0.05, 0.1) is 18.9 Å². The molecule has 11 nitrogen and oxygen atoms in total. The Morgan fingerprint density at radius 3 is 2.37 bits per heavy atom. The lowest BCUT2D eigenvalue weighted by Gasteiger charge is -2.31. The summed E-state index contributed by atoms with van der Waals surface area (Å²) in [4.78, 5) is 52.5. The number of carbonyl (C=O) groups excluding carboxylic acids is 4. The van der Waals surface area contributed by atoms with Crippen LogP contribution in [-0.2, 0) is 14.3 Å². The topological polar surface area (TPSA) is 167 Å². The molecule has 200 valence electrons. The van der Waals surface area contributed by atoms with Gasteiger partial charge in [0.25, 0.3) is 11.8 Å². The lowest BCUT2D eigenvalue weighted by atomic mass is 10.0. The molecule has 0 aliphatic carbocycles. The van der Waals surface area contributed by atoms with E-state index in [1.54, 1.807) is 49.4 Å². The Labute approximate surface area is 223 Å². The van der Waals surface area contributed by atoms with Crippen molar-refractivity contribution >= 4 is 46.6 Å². The molecule has 0 aliphatic heterocycles. The largest absolute Gasteiger partial charge is 0.494 e. The zero-order chi connectivity index (χ0) is 27.8. The molecule has 5 N–H and O–H groups in total. The molecule has 3 amide bonds.